The summed E-state index contributed by atoms with van der Waals surface area (Å²) in [6.07, 6.45) is 66.3. The fraction of sp³-hybridized carbons (Fsp3) is 0.741. The third-order valence-corrected chi connectivity index (χ3v) is 11.5. The molecule has 0 fully saturated rings. The first-order valence-electron chi connectivity index (χ1n) is 26.9. The standard InChI is InChI=1S/C58H100O6/c1-4-7-10-13-16-19-22-25-27-28-29-30-32-33-36-39-42-45-48-51-57(60)63-54-55(53-62-56(59)50-47-44-41-38-35-24-21-18-15-12-9-6-3)64-58(61)52-49-46-43-40-37-34-31-26-23-20-17-14-11-8-5-2/h8,11,17-18,20-21,26,31,37,40,46,49,55H,4-7,9-10,12-16,19,22-25,27-30,32-36,38-39,41-45,47-48,50-54H2,1-3H3/b11-8-,20-17-,21-18-,31-26-,40-37-,49-46-. The Morgan fingerprint density at radius 3 is 1.05 bits per heavy atom. The average molecular weight is 893 g/mol. The Morgan fingerprint density at radius 2 is 0.656 bits per heavy atom. The summed E-state index contributed by atoms with van der Waals surface area (Å²) in [5, 5.41) is 0. The Hall–Kier alpha value is -3.15. The molecule has 1 atom stereocenters. The summed E-state index contributed by atoms with van der Waals surface area (Å²) in [5.41, 5.74) is 0. The Bertz CT molecular complexity index is 1210. The van der Waals surface area contributed by atoms with Gasteiger partial charge in [0.05, 0.1) is 6.42 Å². The largest absolute Gasteiger partial charge is 0.462 e. The number of allylic oxidation sites excluding steroid dienone is 11. The number of esters is 3. The second kappa shape index (κ2) is 52.5. The van der Waals surface area contributed by atoms with Gasteiger partial charge < -0.3 is 14.2 Å². The van der Waals surface area contributed by atoms with Crippen LogP contribution in [0.4, 0.5) is 0 Å². The van der Waals surface area contributed by atoms with E-state index in [0.717, 1.165) is 83.5 Å². The highest BCUT2D eigenvalue weighted by Gasteiger charge is 2.19. The lowest BCUT2D eigenvalue weighted by Crippen LogP contribution is -2.30. The van der Waals surface area contributed by atoms with Crippen LogP contribution in [0.2, 0.25) is 0 Å². The number of ether oxygens (including phenoxy) is 3. The van der Waals surface area contributed by atoms with Gasteiger partial charge in [-0.05, 0) is 70.6 Å². The molecule has 0 rings (SSSR count). The zero-order valence-electron chi connectivity index (χ0n) is 42.0. The summed E-state index contributed by atoms with van der Waals surface area (Å²) in [5.74, 6) is -1.05. The molecule has 0 saturated heterocycles. The molecule has 0 aromatic carbocycles. The van der Waals surface area contributed by atoms with Crippen LogP contribution in [0.15, 0.2) is 72.9 Å². The van der Waals surface area contributed by atoms with Crippen LogP contribution in [0.1, 0.15) is 258 Å². The molecule has 0 aromatic rings. The molecular weight excluding hydrogens is 793 g/mol. The van der Waals surface area contributed by atoms with Gasteiger partial charge in [0.15, 0.2) is 6.10 Å². The molecular formula is C58H100O6. The fourth-order valence-corrected chi connectivity index (χ4v) is 7.45. The van der Waals surface area contributed by atoms with Gasteiger partial charge in [-0.15, -0.1) is 0 Å². The summed E-state index contributed by atoms with van der Waals surface area (Å²) in [6.45, 7) is 6.42. The van der Waals surface area contributed by atoms with Gasteiger partial charge in [-0.3, -0.25) is 14.4 Å². The Morgan fingerprint density at radius 1 is 0.344 bits per heavy atom. The predicted molar refractivity (Wildman–Crippen MR) is 274 cm³/mol. The van der Waals surface area contributed by atoms with Crippen molar-refractivity contribution >= 4 is 17.9 Å². The Labute approximate surface area is 395 Å². The van der Waals surface area contributed by atoms with Crippen LogP contribution in [-0.2, 0) is 28.6 Å². The van der Waals surface area contributed by atoms with E-state index in [-0.39, 0.29) is 31.6 Å². The van der Waals surface area contributed by atoms with Crippen LogP contribution in [0.25, 0.3) is 0 Å². The highest BCUT2D eigenvalue weighted by Crippen LogP contribution is 2.16. The van der Waals surface area contributed by atoms with Crippen LogP contribution in [0.3, 0.4) is 0 Å². The minimum Gasteiger partial charge on any atom is -0.462 e. The summed E-state index contributed by atoms with van der Waals surface area (Å²) in [4.78, 5) is 37.9. The molecule has 6 nitrogen and oxygen atoms in total. The van der Waals surface area contributed by atoms with Crippen LogP contribution in [0.5, 0.6) is 0 Å². The molecule has 6 heteroatoms. The van der Waals surface area contributed by atoms with E-state index in [1.54, 1.807) is 6.08 Å². The van der Waals surface area contributed by atoms with Crippen LogP contribution in [-0.4, -0.2) is 37.2 Å². The summed E-state index contributed by atoms with van der Waals surface area (Å²) in [6, 6.07) is 0. The highest BCUT2D eigenvalue weighted by atomic mass is 16.6. The molecule has 1 unspecified atom stereocenters. The highest BCUT2D eigenvalue weighted by molar-refractivity contribution is 5.72. The molecule has 0 aliphatic carbocycles. The zero-order chi connectivity index (χ0) is 46.5. The minimum atomic E-state index is -0.830. The van der Waals surface area contributed by atoms with Crippen molar-refractivity contribution in [3.63, 3.8) is 0 Å². The van der Waals surface area contributed by atoms with Crippen LogP contribution >= 0.6 is 0 Å². The normalized spacial score (nSPS) is 12.6. The maximum Gasteiger partial charge on any atom is 0.310 e. The summed E-state index contributed by atoms with van der Waals surface area (Å²) in [7, 11) is 0. The zero-order valence-corrected chi connectivity index (χ0v) is 42.0. The fourth-order valence-electron chi connectivity index (χ4n) is 7.45. The van der Waals surface area contributed by atoms with Gasteiger partial charge in [0.1, 0.15) is 13.2 Å². The molecule has 0 radical (unpaired) electrons. The second-order valence-electron chi connectivity index (χ2n) is 17.8. The smallest absolute Gasteiger partial charge is 0.310 e. The van der Waals surface area contributed by atoms with Crippen molar-refractivity contribution in [2.24, 2.45) is 0 Å². The van der Waals surface area contributed by atoms with Gasteiger partial charge >= 0.3 is 17.9 Å². The molecule has 0 saturated carbocycles. The van der Waals surface area contributed by atoms with Crippen molar-refractivity contribution in [2.75, 3.05) is 13.2 Å². The van der Waals surface area contributed by atoms with Crippen LogP contribution in [0, 0.1) is 0 Å². The third-order valence-electron chi connectivity index (χ3n) is 11.5. The minimum absolute atomic E-state index is 0.0971. The summed E-state index contributed by atoms with van der Waals surface area (Å²) < 4.78 is 16.7. The van der Waals surface area contributed by atoms with E-state index in [4.69, 9.17) is 14.2 Å². The van der Waals surface area contributed by atoms with Gasteiger partial charge in [-0.1, -0.05) is 241 Å². The van der Waals surface area contributed by atoms with Crippen LogP contribution < -0.4 is 0 Å². The quantitative estimate of drug-likeness (QED) is 0.0262. The van der Waals surface area contributed by atoms with E-state index in [1.165, 1.54) is 135 Å². The lowest BCUT2D eigenvalue weighted by Gasteiger charge is -2.18. The molecule has 368 valence electrons. The topological polar surface area (TPSA) is 78.9 Å². The monoisotopic (exact) mass is 893 g/mol. The molecule has 0 aromatic heterocycles. The number of carbonyl (C=O) groups is 3. The molecule has 0 bridgehead atoms. The second-order valence-corrected chi connectivity index (χ2v) is 17.8. The number of carbonyl (C=O) groups excluding carboxylic acids is 3. The van der Waals surface area contributed by atoms with E-state index in [9.17, 15) is 14.4 Å². The molecule has 0 spiro atoms. The molecule has 0 aliphatic heterocycles. The molecule has 0 N–H and O–H groups in total. The van der Waals surface area contributed by atoms with Crippen molar-refractivity contribution in [1.29, 1.82) is 0 Å². The predicted octanol–water partition coefficient (Wildman–Crippen LogP) is 17.8. The van der Waals surface area contributed by atoms with E-state index in [2.05, 4.69) is 81.5 Å². The van der Waals surface area contributed by atoms with Gasteiger partial charge in [0.25, 0.3) is 0 Å². The van der Waals surface area contributed by atoms with Gasteiger partial charge in [-0.25, -0.2) is 0 Å². The first kappa shape index (κ1) is 60.9. The molecule has 0 amide bonds. The average Bonchev–Trinajstić information content (AvgIpc) is 3.29. The van der Waals surface area contributed by atoms with E-state index < -0.39 is 12.1 Å². The van der Waals surface area contributed by atoms with E-state index in [1.807, 2.05) is 6.08 Å². The van der Waals surface area contributed by atoms with Crippen molar-refractivity contribution in [3.05, 3.63) is 72.9 Å². The van der Waals surface area contributed by atoms with E-state index in [0.29, 0.717) is 12.8 Å². The number of unbranched alkanes of at least 4 members (excludes halogenated alkanes) is 26. The lowest BCUT2D eigenvalue weighted by molar-refractivity contribution is -0.166. The van der Waals surface area contributed by atoms with Crippen molar-refractivity contribution < 1.29 is 28.6 Å². The van der Waals surface area contributed by atoms with Crippen molar-refractivity contribution in [2.45, 2.75) is 264 Å². The number of hydrogen-bond donors (Lipinski definition) is 0. The third kappa shape index (κ3) is 49.9. The first-order chi connectivity index (χ1) is 31.5. The maximum atomic E-state index is 12.7. The number of hydrogen-bond acceptors (Lipinski definition) is 6. The van der Waals surface area contributed by atoms with Crippen molar-refractivity contribution in [1.82, 2.24) is 0 Å². The lowest BCUT2D eigenvalue weighted by atomic mass is 10.0. The van der Waals surface area contributed by atoms with Gasteiger partial charge in [-0.2, -0.15) is 0 Å². The Balaban J connectivity index is 4.43. The summed E-state index contributed by atoms with van der Waals surface area (Å²) >= 11 is 0. The molecule has 0 heterocycles. The molecule has 64 heavy (non-hydrogen) atoms. The maximum absolute atomic E-state index is 12.7. The van der Waals surface area contributed by atoms with E-state index >= 15 is 0 Å². The SMILES string of the molecule is CC/C=C\C/C=C\C/C=C\C/C=C\C/C=C\CC(=O)OC(COC(=O)CCCCCCC/C=C\CCCCC)COC(=O)CCCCCCCCCCCCCCCCCCCCC. The first-order valence-corrected chi connectivity index (χ1v) is 26.9. The Kier molecular flexibility index (Phi) is 49.9. The van der Waals surface area contributed by atoms with Gasteiger partial charge in [0.2, 0.25) is 0 Å². The number of rotatable bonds is 48. The van der Waals surface area contributed by atoms with Gasteiger partial charge in [0, 0.05) is 12.8 Å². The van der Waals surface area contributed by atoms with Crippen molar-refractivity contribution in [3.8, 4) is 0 Å². The molecule has 0 aliphatic rings.